The topological polar surface area (TPSA) is 78.7 Å². The molecule has 1 aromatic rings. The second-order valence-corrected chi connectivity index (χ2v) is 5.28. The number of aryl methyl sites for hydroxylation is 2. The lowest BCUT2D eigenvalue weighted by atomic mass is 10.2. The molecule has 1 N–H and O–H groups in total. The molecule has 0 unspecified atom stereocenters. The van der Waals surface area contributed by atoms with Crippen molar-refractivity contribution in [2.45, 2.75) is 45.2 Å². The Bertz CT molecular complexity index is 510. The first-order valence-electron chi connectivity index (χ1n) is 6.15. The van der Waals surface area contributed by atoms with Crippen molar-refractivity contribution >= 4 is 17.7 Å². The van der Waals surface area contributed by atoms with Crippen LogP contribution in [-0.2, 0) is 4.79 Å². The van der Waals surface area contributed by atoms with Gasteiger partial charge in [0.05, 0.1) is 11.4 Å². The maximum atomic E-state index is 11.7. The van der Waals surface area contributed by atoms with Gasteiger partial charge in [0.2, 0.25) is 5.91 Å². The van der Waals surface area contributed by atoms with Gasteiger partial charge in [0, 0.05) is 6.04 Å². The van der Waals surface area contributed by atoms with Crippen LogP contribution in [0, 0.1) is 25.2 Å². The molecule has 0 spiro atoms. The van der Waals surface area contributed by atoms with E-state index in [1.165, 1.54) is 11.8 Å². The number of aromatic nitrogens is 2. The number of hydrogen-bond donors (Lipinski definition) is 1. The number of nitrogens with zero attached hydrogens (tertiary/aromatic N) is 3. The van der Waals surface area contributed by atoms with Gasteiger partial charge in [0.1, 0.15) is 22.5 Å². The van der Waals surface area contributed by atoms with Gasteiger partial charge in [-0.3, -0.25) is 4.79 Å². The van der Waals surface area contributed by atoms with Crippen LogP contribution in [0.15, 0.2) is 5.03 Å². The number of rotatable bonds is 5. The summed E-state index contributed by atoms with van der Waals surface area (Å²) < 4.78 is 0. The Balaban J connectivity index is 2.73. The molecule has 0 aliphatic heterocycles. The van der Waals surface area contributed by atoms with Crippen LogP contribution >= 0.6 is 11.8 Å². The van der Waals surface area contributed by atoms with Crippen molar-refractivity contribution in [1.29, 1.82) is 5.26 Å². The molecule has 19 heavy (non-hydrogen) atoms. The van der Waals surface area contributed by atoms with Crippen LogP contribution in [0.2, 0.25) is 0 Å². The fourth-order valence-corrected chi connectivity index (χ4v) is 2.35. The van der Waals surface area contributed by atoms with Crippen LogP contribution in [0.25, 0.3) is 0 Å². The summed E-state index contributed by atoms with van der Waals surface area (Å²) in [5.74, 6) is 0.827. The zero-order valence-corrected chi connectivity index (χ0v) is 12.5. The third kappa shape index (κ3) is 4.52. The fraction of sp³-hybridized carbons (Fsp3) is 0.538. The molecule has 102 valence electrons. The number of nitrogens with one attached hydrogen (secondary N) is 1. The standard InChI is InChI=1S/C13H18N4OS/c1-5-8(2)15-12(18)7-19-13-11(6-14)9(3)16-10(4)17-13/h8H,5,7H2,1-4H3,(H,15,18)/t8-/m0/s1. The molecular weight excluding hydrogens is 260 g/mol. The number of hydrogen-bond acceptors (Lipinski definition) is 5. The monoisotopic (exact) mass is 278 g/mol. The van der Waals surface area contributed by atoms with Crippen molar-refractivity contribution < 1.29 is 4.79 Å². The first kappa shape index (κ1) is 15.4. The number of carbonyl (C=O) groups excluding carboxylic acids is 1. The summed E-state index contributed by atoms with van der Waals surface area (Å²) in [6, 6.07) is 2.25. The SMILES string of the molecule is CC[C@H](C)NC(=O)CSc1nc(C)nc(C)c1C#N. The lowest BCUT2D eigenvalue weighted by Crippen LogP contribution is -2.33. The smallest absolute Gasteiger partial charge is 0.230 e. The average molecular weight is 278 g/mol. The minimum Gasteiger partial charge on any atom is -0.353 e. The molecule has 0 aromatic carbocycles. The van der Waals surface area contributed by atoms with Gasteiger partial charge in [-0.15, -0.1) is 0 Å². The Morgan fingerprint density at radius 3 is 2.74 bits per heavy atom. The first-order valence-corrected chi connectivity index (χ1v) is 7.14. The van der Waals surface area contributed by atoms with E-state index in [0.29, 0.717) is 22.1 Å². The molecule has 0 aliphatic rings. The molecule has 1 amide bonds. The molecule has 0 bridgehead atoms. The Labute approximate surface area is 117 Å². The third-order valence-corrected chi connectivity index (χ3v) is 3.62. The molecular formula is C13H18N4OS. The van der Waals surface area contributed by atoms with Gasteiger partial charge in [-0.05, 0) is 27.2 Å². The molecule has 0 saturated carbocycles. The minimum absolute atomic E-state index is 0.0443. The van der Waals surface area contributed by atoms with E-state index in [2.05, 4.69) is 21.4 Å². The van der Waals surface area contributed by atoms with Crippen LogP contribution in [-0.4, -0.2) is 27.7 Å². The van der Waals surface area contributed by atoms with Gasteiger partial charge >= 0.3 is 0 Å². The summed E-state index contributed by atoms with van der Waals surface area (Å²) in [7, 11) is 0. The van der Waals surface area contributed by atoms with E-state index in [1.807, 2.05) is 13.8 Å². The van der Waals surface area contributed by atoms with E-state index in [-0.39, 0.29) is 17.7 Å². The number of amides is 1. The minimum atomic E-state index is -0.0443. The summed E-state index contributed by atoms with van der Waals surface area (Å²) in [5, 5.41) is 12.6. The largest absolute Gasteiger partial charge is 0.353 e. The summed E-state index contributed by atoms with van der Waals surface area (Å²) in [6.07, 6.45) is 0.894. The van der Waals surface area contributed by atoms with Crippen molar-refractivity contribution in [1.82, 2.24) is 15.3 Å². The Morgan fingerprint density at radius 1 is 1.47 bits per heavy atom. The normalized spacial score (nSPS) is 11.7. The third-order valence-electron chi connectivity index (χ3n) is 2.64. The molecule has 0 fully saturated rings. The van der Waals surface area contributed by atoms with Crippen LogP contribution in [0.4, 0.5) is 0 Å². The lowest BCUT2D eigenvalue weighted by molar-refractivity contribution is -0.119. The van der Waals surface area contributed by atoms with Crippen molar-refractivity contribution in [3.8, 4) is 6.07 Å². The van der Waals surface area contributed by atoms with Gasteiger partial charge < -0.3 is 5.32 Å². The molecule has 1 atom stereocenters. The predicted octanol–water partition coefficient (Wildman–Crippen LogP) is 1.97. The van der Waals surface area contributed by atoms with Crippen LogP contribution in [0.3, 0.4) is 0 Å². The van der Waals surface area contributed by atoms with Crippen molar-refractivity contribution in [3.05, 3.63) is 17.1 Å². The Hall–Kier alpha value is -1.61. The summed E-state index contributed by atoms with van der Waals surface area (Å²) >= 11 is 1.27. The van der Waals surface area contributed by atoms with E-state index in [1.54, 1.807) is 13.8 Å². The molecule has 6 heteroatoms. The first-order chi connectivity index (χ1) is 8.97. The van der Waals surface area contributed by atoms with Gasteiger partial charge in [0.25, 0.3) is 0 Å². The lowest BCUT2D eigenvalue weighted by Gasteiger charge is -2.11. The summed E-state index contributed by atoms with van der Waals surface area (Å²) in [5.41, 5.74) is 1.10. The van der Waals surface area contributed by atoms with E-state index in [0.717, 1.165) is 6.42 Å². The zero-order valence-electron chi connectivity index (χ0n) is 11.6. The molecule has 1 aromatic heterocycles. The van der Waals surface area contributed by atoms with Crippen molar-refractivity contribution in [2.75, 3.05) is 5.75 Å². The molecule has 0 saturated heterocycles. The van der Waals surface area contributed by atoms with Crippen molar-refractivity contribution in [3.63, 3.8) is 0 Å². The van der Waals surface area contributed by atoms with Crippen LogP contribution in [0.1, 0.15) is 37.4 Å². The quantitative estimate of drug-likeness (QED) is 0.658. The second-order valence-electron chi connectivity index (χ2n) is 4.31. The summed E-state index contributed by atoms with van der Waals surface area (Å²) in [4.78, 5) is 20.1. The highest BCUT2D eigenvalue weighted by molar-refractivity contribution is 8.00. The average Bonchev–Trinajstić information content (AvgIpc) is 2.35. The molecule has 0 radical (unpaired) electrons. The van der Waals surface area contributed by atoms with Crippen LogP contribution in [0.5, 0.6) is 0 Å². The second kappa shape index (κ2) is 7.10. The number of nitriles is 1. The van der Waals surface area contributed by atoms with E-state index in [9.17, 15) is 4.79 Å². The van der Waals surface area contributed by atoms with E-state index >= 15 is 0 Å². The van der Waals surface area contributed by atoms with Gasteiger partial charge in [-0.25, -0.2) is 9.97 Å². The van der Waals surface area contributed by atoms with E-state index in [4.69, 9.17) is 5.26 Å². The number of thioether (sulfide) groups is 1. The van der Waals surface area contributed by atoms with Crippen LogP contribution < -0.4 is 5.32 Å². The highest BCUT2D eigenvalue weighted by Crippen LogP contribution is 2.21. The summed E-state index contributed by atoms with van der Waals surface area (Å²) in [6.45, 7) is 7.53. The molecule has 5 nitrogen and oxygen atoms in total. The molecule has 1 rings (SSSR count). The predicted molar refractivity (Wildman–Crippen MR) is 74.8 cm³/mol. The number of carbonyl (C=O) groups is 1. The maximum Gasteiger partial charge on any atom is 0.230 e. The van der Waals surface area contributed by atoms with Gasteiger partial charge in [0.15, 0.2) is 0 Å². The van der Waals surface area contributed by atoms with Crippen molar-refractivity contribution in [2.24, 2.45) is 0 Å². The highest BCUT2D eigenvalue weighted by atomic mass is 32.2. The fourth-order valence-electron chi connectivity index (χ4n) is 1.47. The molecule has 0 aliphatic carbocycles. The van der Waals surface area contributed by atoms with Gasteiger partial charge in [-0.2, -0.15) is 5.26 Å². The Kier molecular flexibility index (Phi) is 5.77. The van der Waals surface area contributed by atoms with Gasteiger partial charge in [-0.1, -0.05) is 18.7 Å². The van der Waals surface area contributed by atoms with E-state index < -0.39 is 0 Å². The Morgan fingerprint density at radius 2 is 2.16 bits per heavy atom. The highest BCUT2D eigenvalue weighted by Gasteiger charge is 2.13. The zero-order chi connectivity index (χ0) is 14.4. The molecule has 1 heterocycles. The maximum absolute atomic E-state index is 11.7.